The first kappa shape index (κ1) is 29.0. The number of carbonyl (C=O) groups is 4. The summed E-state index contributed by atoms with van der Waals surface area (Å²) in [5, 5.41) is 13.8. The van der Waals surface area contributed by atoms with Gasteiger partial charge in [-0.05, 0) is 18.8 Å². The molecule has 2 fully saturated rings. The van der Waals surface area contributed by atoms with Crippen LogP contribution in [0.4, 0.5) is 27.6 Å². The molecule has 0 unspecified atom stereocenters. The third kappa shape index (κ3) is 5.52. The molecule has 4 atom stereocenters. The molecule has 0 radical (unpaired) electrons. The molecule has 4 rings (SSSR count). The number of hydrogen-bond donors (Lipinski definition) is 2. The van der Waals surface area contributed by atoms with E-state index in [1.54, 1.807) is 5.32 Å². The molecule has 2 N–H and O–H groups in total. The van der Waals surface area contributed by atoms with E-state index in [0.29, 0.717) is 6.07 Å². The lowest BCUT2D eigenvalue weighted by Crippen LogP contribution is -2.58. The zero-order chi connectivity index (χ0) is 29.6. The van der Waals surface area contributed by atoms with Crippen molar-refractivity contribution in [3.05, 3.63) is 23.8 Å². The first-order valence-electron chi connectivity index (χ1n) is 12.5. The van der Waals surface area contributed by atoms with E-state index < -0.39 is 77.4 Å². The van der Waals surface area contributed by atoms with Crippen LogP contribution in [-0.2, 0) is 19.2 Å². The average molecular weight is 572 g/mol. The quantitative estimate of drug-likeness (QED) is 0.483. The zero-order valence-corrected chi connectivity index (χ0v) is 21.5. The summed E-state index contributed by atoms with van der Waals surface area (Å²) in [6, 6.07) is -0.699. The second-order valence-corrected chi connectivity index (χ2v) is 10.2. The minimum Gasteiger partial charge on any atom is -0.473 e. The maximum atomic E-state index is 14.2. The van der Waals surface area contributed by atoms with Crippen LogP contribution < -0.4 is 15.4 Å². The van der Waals surface area contributed by atoms with E-state index in [9.17, 15) is 46.4 Å². The lowest BCUT2D eigenvalue weighted by atomic mass is 9.97. The summed E-state index contributed by atoms with van der Waals surface area (Å²) in [6.45, 7) is 0.905. The largest absolute Gasteiger partial charge is 0.473 e. The van der Waals surface area contributed by atoms with Gasteiger partial charge in [-0.15, -0.1) is 0 Å². The fourth-order valence-electron chi connectivity index (χ4n) is 4.96. The van der Waals surface area contributed by atoms with Crippen LogP contribution in [0.1, 0.15) is 39.0 Å². The number of fused-ring (bicyclic) bond motifs is 1. The number of ether oxygens (including phenoxy) is 1. The molecule has 15 heteroatoms. The maximum Gasteiger partial charge on any atom is 0.471 e. The van der Waals surface area contributed by atoms with E-state index in [4.69, 9.17) is 4.74 Å². The highest BCUT2D eigenvalue weighted by molar-refractivity contribution is 6.02. The SMILES string of the molecule is CC[C@H](NC(=O)C(F)(F)F)C(=O)N(C)[C@@H](CC1CC1)C(=O)N1C[C@@]2(C[C@H]1C#N)Oc1cc(F)cc(F)c1NC2=O. The number of carbonyl (C=O) groups excluding carboxylic acids is 4. The van der Waals surface area contributed by atoms with Crippen molar-refractivity contribution in [2.24, 2.45) is 5.92 Å². The Labute approximate surface area is 225 Å². The van der Waals surface area contributed by atoms with Crippen LogP contribution in [0.5, 0.6) is 5.75 Å². The molecule has 1 saturated carbocycles. The highest BCUT2D eigenvalue weighted by Crippen LogP contribution is 2.42. The zero-order valence-electron chi connectivity index (χ0n) is 21.5. The van der Waals surface area contributed by atoms with Gasteiger partial charge < -0.3 is 25.2 Å². The molecular formula is C25H26F5N5O5. The van der Waals surface area contributed by atoms with Crippen LogP contribution in [0.25, 0.3) is 0 Å². The van der Waals surface area contributed by atoms with Gasteiger partial charge in [0.25, 0.3) is 5.91 Å². The van der Waals surface area contributed by atoms with Crippen LogP contribution in [0, 0.1) is 28.9 Å². The molecule has 2 aliphatic heterocycles. The van der Waals surface area contributed by atoms with Gasteiger partial charge >= 0.3 is 12.1 Å². The minimum absolute atomic E-state index is 0.0400. The third-order valence-corrected chi connectivity index (χ3v) is 7.36. The van der Waals surface area contributed by atoms with Crippen molar-refractivity contribution in [3.8, 4) is 11.8 Å². The lowest BCUT2D eigenvalue weighted by Gasteiger charge is -2.36. The average Bonchev–Trinajstić information content (AvgIpc) is 3.64. The number of nitrogens with zero attached hydrogens (tertiary/aromatic N) is 3. The number of nitrogens with one attached hydrogen (secondary N) is 2. The summed E-state index contributed by atoms with van der Waals surface area (Å²) < 4.78 is 72.1. The Bertz CT molecular complexity index is 1280. The van der Waals surface area contributed by atoms with E-state index in [0.717, 1.165) is 28.7 Å². The normalized spacial score (nSPS) is 23.4. The number of amides is 4. The third-order valence-electron chi connectivity index (χ3n) is 7.36. The second-order valence-electron chi connectivity index (χ2n) is 10.2. The van der Waals surface area contributed by atoms with E-state index in [1.165, 1.54) is 14.0 Å². The molecule has 40 heavy (non-hydrogen) atoms. The number of alkyl halides is 3. The second kappa shape index (κ2) is 10.5. The highest BCUT2D eigenvalue weighted by atomic mass is 19.4. The monoisotopic (exact) mass is 571 g/mol. The summed E-state index contributed by atoms with van der Waals surface area (Å²) in [5.41, 5.74) is -2.25. The molecule has 1 aliphatic carbocycles. The van der Waals surface area contributed by atoms with Crippen molar-refractivity contribution < 1.29 is 45.9 Å². The Morgan fingerprint density at radius 3 is 2.55 bits per heavy atom. The Hall–Kier alpha value is -3.96. The van der Waals surface area contributed by atoms with Gasteiger partial charge in [-0.1, -0.05) is 19.8 Å². The molecule has 1 saturated heterocycles. The molecule has 4 amide bonds. The number of benzene rings is 1. The molecule has 2 heterocycles. The number of hydrogen-bond acceptors (Lipinski definition) is 6. The Morgan fingerprint density at radius 2 is 1.98 bits per heavy atom. The summed E-state index contributed by atoms with van der Waals surface area (Å²) in [7, 11) is 1.22. The number of halogens is 5. The van der Waals surface area contributed by atoms with Crippen LogP contribution in [0.2, 0.25) is 0 Å². The van der Waals surface area contributed by atoms with E-state index in [-0.39, 0.29) is 30.9 Å². The Balaban J connectivity index is 1.59. The number of rotatable bonds is 7. The molecule has 1 aromatic rings. The molecule has 1 spiro atoms. The fourth-order valence-corrected chi connectivity index (χ4v) is 4.96. The summed E-state index contributed by atoms with van der Waals surface area (Å²) in [5.74, 6) is -7.18. The van der Waals surface area contributed by atoms with Gasteiger partial charge in [0.05, 0.1) is 12.6 Å². The van der Waals surface area contributed by atoms with Gasteiger partial charge in [0.2, 0.25) is 17.4 Å². The molecular weight excluding hydrogens is 545 g/mol. The Kier molecular flexibility index (Phi) is 7.66. The molecule has 3 aliphatic rings. The van der Waals surface area contributed by atoms with Crippen molar-refractivity contribution in [3.63, 3.8) is 0 Å². The van der Waals surface area contributed by atoms with Gasteiger partial charge in [-0.25, -0.2) is 8.78 Å². The minimum atomic E-state index is -5.22. The lowest BCUT2D eigenvalue weighted by molar-refractivity contribution is -0.175. The van der Waals surface area contributed by atoms with Crippen LogP contribution in [0.15, 0.2) is 12.1 Å². The summed E-state index contributed by atoms with van der Waals surface area (Å²) in [6.07, 6.45) is -4.12. The molecule has 216 valence electrons. The van der Waals surface area contributed by atoms with Gasteiger partial charge in [0.1, 0.15) is 29.6 Å². The van der Waals surface area contributed by atoms with E-state index >= 15 is 0 Å². The van der Waals surface area contributed by atoms with E-state index in [1.807, 2.05) is 6.07 Å². The summed E-state index contributed by atoms with van der Waals surface area (Å²) in [4.78, 5) is 53.4. The van der Waals surface area contributed by atoms with Crippen LogP contribution in [0.3, 0.4) is 0 Å². The van der Waals surface area contributed by atoms with E-state index in [2.05, 4.69) is 5.32 Å². The highest BCUT2D eigenvalue weighted by Gasteiger charge is 2.57. The van der Waals surface area contributed by atoms with Crippen molar-refractivity contribution in [1.29, 1.82) is 5.26 Å². The van der Waals surface area contributed by atoms with Crippen LogP contribution in [-0.4, -0.2) is 76.9 Å². The first-order valence-corrected chi connectivity index (χ1v) is 12.5. The number of likely N-dealkylation sites (tertiary alicyclic amines) is 1. The molecule has 0 aromatic heterocycles. The topological polar surface area (TPSA) is 132 Å². The van der Waals surface area contributed by atoms with Crippen molar-refractivity contribution in [1.82, 2.24) is 15.1 Å². The van der Waals surface area contributed by atoms with Gasteiger partial charge in [0, 0.05) is 25.6 Å². The van der Waals surface area contributed by atoms with Gasteiger partial charge in [0.15, 0.2) is 11.6 Å². The van der Waals surface area contributed by atoms with Crippen molar-refractivity contribution in [2.75, 3.05) is 18.9 Å². The number of nitriles is 1. The predicted octanol–water partition coefficient (Wildman–Crippen LogP) is 2.24. The number of anilines is 1. The smallest absolute Gasteiger partial charge is 0.471 e. The standard InChI is InChI=1S/C25H26F5N5O5/c1-3-16(32-23(39)25(28,29)30)20(36)34(2)17(6-12-4-5-12)21(37)35-11-24(9-14(35)10-31)22(38)33-19-15(27)7-13(26)8-18(19)40-24/h7-8,12,14,16-17H,3-6,9,11H2,1-2H3,(H,32,39)(H,33,38)/t14-,16-,17-,24+/m0/s1. The predicted molar refractivity (Wildman–Crippen MR) is 126 cm³/mol. The molecule has 1 aromatic carbocycles. The van der Waals surface area contributed by atoms with Crippen molar-refractivity contribution >= 4 is 29.3 Å². The number of likely N-dealkylation sites (N-methyl/N-ethyl adjacent to an activating group) is 1. The first-order chi connectivity index (χ1) is 18.7. The molecule has 0 bridgehead atoms. The Morgan fingerprint density at radius 1 is 1.30 bits per heavy atom. The molecule has 10 nitrogen and oxygen atoms in total. The van der Waals surface area contributed by atoms with Gasteiger partial charge in [-0.2, -0.15) is 18.4 Å². The van der Waals surface area contributed by atoms with Crippen LogP contribution >= 0.6 is 0 Å². The maximum absolute atomic E-state index is 14.2. The fraction of sp³-hybridized carbons (Fsp3) is 0.560. The summed E-state index contributed by atoms with van der Waals surface area (Å²) >= 11 is 0. The van der Waals surface area contributed by atoms with Gasteiger partial charge in [-0.3, -0.25) is 19.2 Å². The van der Waals surface area contributed by atoms with Crippen molar-refractivity contribution in [2.45, 2.75) is 68.9 Å².